The maximum absolute atomic E-state index is 12.0. The van der Waals surface area contributed by atoms with Crippen molar-refractivity contribution in [3.05, 3.63) is 11.5 Å². The number of halogens is 3. The summed E-state index contributed by atoms with van der Waals surface area (Å²) in [5.41, 5.74) is -0.496. The molecule has 0 aliphatic heterocycles. The van der Waals surface area contributed by atoms with E-state index in [2.05, 4.69) is 0 Å². The zero-order valence-electron chi connectivity index (χ0n) is 6.82. The molecule has 6 heteroatoms. The molecule has 0 saturated carbocycles. The minimum Gasteiger partial charge on any atom is -0.445 e. The van der Waals surface area contributed by atoms with E-state index in [1.165, 1.54) is 0 Å². The second-order valence-corrected chi connectivity index (χ2v) is 2.60. The van der Waals surface area contributed by atoms with Crippen molar-refractivity contribution in [2.24, 2.45) is 0 Å². The molecule has 0 aromatic heterocycles. The first-order valence-electron chi connectivity index (χ1n) is 3.41. The quantitative estimate of drug-likeness (QED) is 0.501. The van der Waals surface area contributed by atoms with Crippen LogP contribution in [0.4, 0.5) is 12.9 Å². The van der Waals surface area contributed by atoms with Gasteiger partial charge in [-0.2, -0.15) is 0 Å². The number of hydrogen-bond donors (Lipinski definition) is 0. The van der Waals surface area contributed by atoms with Crippen molar-refractivity contribution in [1.82, 2.24) is 0 Å². The van der Waals surface area contributed by atoms with Crippen LogP contribution in [0.5, 0.6) is 0 Å². The molecule has 0 heterocycles. The third kappa shape index (κ3) is 3.74. The molecule has 0 atom stereocenters. The molecule has 62 valence electrons. The molecule has 0 aromatic rings. The summed E-state index contributed by atoms with van der Waals surface area (Å²) in [4.78, 5) is 10.5. The smallest absolute Gasteiger partial charge is 0.445 e. The van der Waals surface area contributed by atoms with Gasteiger partial charge in [0.1, 0.15) is 5.78 Å². The molecule has 0 N–H and O–H groups in total. The Labute approximate surface area is 111 Å². The molecule has 1 aliphatic rings. The molecule has 1 nitrogen and oxygen atoms in total. The minimum absolute atomic E-state index is 0. The average Bonchev–Trinajstić information content (AvgIpc) is 1.86. The number of rotatable bonds is 1. The first-order valence-corrected chi connectivity index (χ1v) is 3.41. The third-order valence-electron chi connectivity index (χ3n) is 1.70. The molecule has 1 rings (SSSR count). The van der Waals surface area contributed by atoms with Crippen molar-refractivity contribution in [2.45, 2.75) is 19.3 Å². The molecule has 0 amide bonds. The number of Topliss-reactive ketones (excluding diaryl/α,β-unsaturated/α-hetero) is 1. The minimum atomic E-state index is -4.84. The summed E-state index contributed by atoms with van der Waals surface area (Å²) >= 11 is 0. The van der Waals surface area contributed by atoms with Crippen LogP contribution in [0.25, 0.3) is 0 Å². The molecular weight excluding hydrogens is 195 g/mol. The predicted octanol–water partition coefficient (Wildman–Crippen LogP) is -0.944. The van der Waals surface area contributed by atoms with Gasteiger partial charge in [0.2, 0.25) is 0 Å². The number of hydrogen-bond acceptors (Lipinski definition) is 1. The number of carbonyl (C=O) groups excluding carboxylic acids is 1. The standard InChI is InChI=1S/C6H7BF3O.K/c8-7(9,10)5-1-3-6(11)4-2-5;/h1H,2-4H2;/q-1;+1. The molecule has 0 bridgehead atoms. The van der Waals surface area contributed by atoms with Crippen LogP contribution in [-0.4, -0.2) is 12.8 Å². The third-order valence-corrected chi connectivity index (χ3v) is 1.70. The Bertz CT molecular complexity index is 211. The number of ketones is 1. The summed E-state index contributed by atoms with van der Waals surface area (Å²) < 4.78 is 35.9. The van der Waals surface area contributed by atoms with Crippen LogP contribution in [0.3, 0.4) is 0 Å². The monoisotopic (exact) mass is 202 g/mol. The molecule has 1 aliphatic carbocycles. The topological polar surface area (TPSA) is 17.1 Å². The fourth-order valence-electron chi connectivity index (χ4n) is 1.03. The van der Waals surface area contributed by atoms with E-state index in [0.29, 0.717) is 0 Å². The SMILES string of the molecule is O=C1CC=C([B-](F)(F)F)CC1.[K+]. The first kappa shape index (κ1) is 12.9. The van der Waals surface area contributed by atoms with Gasteiger partial charge in [-0.05, 0) is 0 Å². The Morgan fingerprint density at radius 2 is 1.83 bits per heavy atom. The number of allylic oxidation sites excluding steroid dienone is 2. The fraction of sp³-hybridized carbons (Fsp3) is 0.500. The van der Waals surface area contributed by atoms with E-state index >= 15 is 0 Å². The Morgan fingerprint density at radius 1 is 1.25 bits per heavy atom. The molecular formula is C6H7BF3KO. The molecule has 0 aromatic carbocycles. The van der Waals surface area contributed by atoms with Crippen LogP contribution in [0.2, 0.25) is 0 Å². The Balaban J connectivity index is 0.00000121. The fourth-order valence-corrected chi connectivity index (χ4v) is 1.03. The predicted molar refractivity (Wildman–Crippen MR) is 36.0 cm³/mol. The second-order valence-electron chi connectivity index (χ2n) is 2.60. The normalized spacial score (nSPS) is 18.2. The molecule has 0 unspecified atom stereocenters. The van der Waals surface area contributed by atoms with E-state index in [1.54, 1.807) is 0 Å². The van der Waals surface area contributed by atoms with Crippen molar-refractivity contribution in [1.29, 1.82) is 0 Å². The summed E-state index contributed by atoms with van der Waals surface area (Å²) in [6.07, 6.45) is 0.887. The summed E-state index contributed by atoms with van der Waals surface area (Å²) in [6, 6.07) is 0. The molecule has 0 radical (unpaired) electrons. The van der Waals surface area contributed by atoms with E-state index in [1.807, 2.05) is 0 Å². The number of carbonyl (C=O) groups is 1. The molecule has 0 spiro atoms. The van der Waals surface area contributed by atoms with Gasteiger partial charge in [-0.15, -0.1) is 11.5 Å². The average molecular weight is 202 g/mol. The van der Waals surface area contributed by atoms with Gasteiger partial charge in [-0.3, -0.25) is 4.79 Å². The van der Waals surface area contributed by atoms with E-state index < -0.39 is 12.4 Å². The van der Waals surface area contributed by atoms with Crippen LogP contribution < -0.4 is 51.4 Å². The van der Waals surface area contributed by atoms with Crippen molar-refractivity contribution < 1.29 is 69.1 Å². The zero-order chi connectivity index (χ0) is 8.48. The maximum Gasteiger partial charge on any atom is 1.00 e. The Kier molecular flexibility index (Phi) is 5.32. The molecule has 12 heavy (non-hydrogen) atoms. The first-order chi connectivity index (χ1) is 5.00. The van der Waals surface area contributed by atoms with Crippen LogP contribution >= 0.6 is 0 Å². The van der Waals surface area contributed by atoms with Crippen molar-refractivity contribution in [3.63, 3.8) is 0 Å². The van der Waals surface area contributed by atoms with Crippen molar-refractivity contribution in [3.8, 4) is 0 Å². The van der Waals surface area contributed by atoms with Gasteiger partial charge < -0.3 is 12.9 Å². The Hall–Kier alpha value is 0.901. The van der Waals surface area contributed by atoms with Gasteiger partial charge >= 0.3 is 58.4 Å². The van der Waals surface area contributed by atoms with Gasteiger partial charge in [-0.1, -0.05) is 6.42 Å². The van der Waals surface area contributed by atoms with Crippen LogP contribution in [0.15, 0.2) is 11.5 Å². The zero-order valence-corrected chi connectivity index (χ0v) is 9.94. The summed E-state index contributed by atoms with van der Waals surface area (Å²) in [7, 11) is 0. The van der Waals surface area contributed by atoms with Crippen LogP contribution in [0.1, 0.15) is 19.3 Å². The maximum atomic E-state index is 12.0. The van der Waals surface area contributed by atoms with E-state index in [4.69, 9.17) is 0 Å². The van der Waals surface area contributed by atoms with Gasteiger partial charge in [-0.25, -0.2) is 0 Å². The van der Waals surface area contributed by atoms with Gasteiger partial charge in [0.05, 0.1) is 0 Å². The van der Waals surface area contributed by atoms with E-state index in [9.17, 15) is 17.7 Å². The van der Waals surface area contributed by atoms with E-state index in [0.717, 1.165) is 6.08 Å². The van der Waals surface area contributed by atoms with E-state index in [-0.39, 0.29) is 76.4 Å². The molecule has 0 fully saturated rings. The summed E-state index contributed by atoms with van der Waals surface area (Å²) in [5.74, 6) is -0.103. The second kappa shape index (κ2) is 4.95. The van der Waals surface area contributed by atoms with Crippen LogP contribution in [0, 0.1) is 0 Å². The van der Waals surface area contributed by atoms with Gasteiger partial charge in [0, 0.05) is 12.8 Å². The van der Waals surface area contributed by atoms with Crippen LogP contribution in [-0.2, 0) is 4.79 Å². The molecule has 0 saturated heterocycles. The summed E-state index contributed by atoms with van der Waals surface area (Å²) in [5, 5.41) is 0. The van der Waals surface area contributed by atoms with Crippen molar-refractivity contribution in [2.75, 3.05) is 0 Å². The Morgan fingerprint density at radius 3 is 2.17 bits per heavy atom. The van der Waals surface area contributed by atoms with Gasteiger partial charge in [0.25, 0.3) is 0 Å². The largest absolute Gasteiger partial charge is 1.00 e. The van der Waals surface area contributed by atoms with Gasteiger partial charge in [0.15, 0.2) is 0 Å². The summed E-state index contributed by atoms with van der Waals surface area (Å²) in [6.45, 7) is -4.84. The van der Waals surface area contributed by atoms with Crippen molar-refractivity contribution >= 4 is 12.8 Å².